The summed E-state index contributed by atoms with van der Waals surface area (Å²) in [5.74, 6) is 1.83. The number of carbonyl (C=O) groups excluding carboxylic acids is 1. The number of thioether (sulfide) groups is 1. The van der Waals surface area contributed by atoms with E-state index >= 15 is 0 Å². The van der Waals surface area contributed by atoms with Crippen molar-refractivity contribution < 1.29 is 9.53 Å². The van der Waals surface area contributed by atoms with E-state index in [1.165, 1.54) is 12.2 Å². The van der Waals surface area contributed by atoms with Gasteiger partial charge in [0.1, 0.15) is 5.60 Å². The van der Waals surface area contributed by atoms with Crippen LogP contribution in [0.5, 0.6) is 0 Å². The number of ether oxygens (including phenoxy) is 1. The van der Waals surface area contributed by atoms with Crippen LogP contribution in [-0.2, 0) is 4.74 Å². The minimum atomic E-state index is -0.443. The first-order valence-electron chi connectivity index (χ1n) is 8.02. The topological polar surface area (TPSA) is 50.4 Å². The summed E-state index contributed by atoms with van der Waals surface area (Å²) in [5, 5.41) is 7.28. The van der Waals surface area contributed by atoms with Crippen LogP contribution in [0.15, 0.2) is 0 Å². The Kier molecular flexibility index (Phi) is 7.34. The fourth-order valence-electron chi connectivity index (χ4n) is 2.55. The highest BCUT2D eigenvalue weighted by atomic mass is 32.2. The highest BCUT2D eigenvalue weighted by Gasteiger charge is 2.27. The van der Waals surface area contributed by atoms with Gasteiger partial charge in [0.2, 0.25) is 0 Å². The van der Waals surface area contributed by atoms with E-state index in [1.54, 1.807) is 0 Å². The van der Waals surface area contributed by atoms with Gasteiger partial charge in [-0.05, 0) is 45.3 Å². The molecule has 1 rings (SSSR count). The Morgan fingerprint density at radius 3 is 2.52 bits per heavy atom. The van der Waals surface area contributed by atoms with Gasteiger partial charge in [-0.2, -0.15) is 11.8 Å². The van der Waals surface area contributed by atoms with Crippen LogP contribution in [0, 0.1) is 5.92 Å². The lowest BCUT2D eigenvalue weighted by Crippen LogP contribution is -2.48. The van der Waals surface area contributed by atoms with Gasteiger partial charge in [0.05, 0.1) is 0 Å². The highest BCUT2D eigenvalue weighted by molar-refractivity contribution is 8.00. The lowest BCUT2D eigenvalue weighted by Gasteiger charge is -2.27. The van der Waals surface area contributed by atoms with E-state index in [9.17, 15) is 4.79 Å². The quantitative estimate of drug-likeness (QED) is 0.788. The molecular formula is C16H32N2O2S. The van der Waals surface area contributed by atoms with E-state index in [1.807, 2.05) is 32.5 Å². The summed E-state index contributed by atoms with van der Waals surface area (Å²) in [7, 11) is 0. The van der Waals surface area contributed by atoms with E-state index in [-0.39, 0.29) is 6.09 Å². The third kappa shape index (κ3) is 7.96. The van der Waals surface area contributed by atoms with Crippen molar-refractivity contribution in [2.75, 3.05) is 12.3 Å². The minimum Gasteiger partial charge on any atom is -0.444 e. The summed E-state index contributed by atoms with van der Waals surface area (Å²) in [6.07, 6.45) is 1.95. The molecule has 21 heavy (non-hydrogen) atoms. The van der Waals surface area contributed by atoms with Crippen molar-refractivity contribution in [3.8, 4) is 0 Å². The molecule has 0 saturated carbocycles. The normalized spacial score (nSPS) is 24.1. The number of hydrogen-bond acceptors (Lipinski definition) is 4. The number of nitrogens with one attached hydrogen (secondary N) is 2. The molecule has 0 spiro atoms. The molecule has 1 saturated heterocycles. The Labute approximate surface area is 134 Å². The smallest absolute Gasteiger partial charge is 0.407 e. The zero-order valence-corrected chi connectivity index (χ0v) is 15.2. The van der Waals surface area contributed by atoms with Crippen LogP contribution in [0.2, 0.25) is 0 Å². The fraction of sp³-hybridized carbons (Fsp3) is 0.938. The summed E-state index contributed by atoms with van der Waals surface area (Å²) in [6, 6.07) is 0.864. The predicted molar refractivity (Wildman–Crippen MR) is 90.9 cm³/mol. The predicted octanol–water partition coefficient (Wildman–Crippen LogP) is 3.41. The summed E-state index contributed by atoms with van der Waals surface area (Å²) < 4.78 is 5.30. The third-order valence-electron chi connectivity index (χ3n) is 3.47. The molecule has 3 unspecified atom stereocenters. The van der Waals surface area contributed by atoms with Gasteiger partial charge >= 0.3 is 6.09 Å². The molecule has 1 aliphatic heterocycles. The number of hydrogen-bond donors (Lipinski definition) is 2. The molecule has 2 N–H and O–H groups in total. The van der Waals surface area contributed by atoms with Crippen molar-refractivity contribution in [1.29, 1.82) is 0 Å². The summed E-state index contributed by atoms with van der Waals surface area (Å²) in [6.45, 7) is 13.0. The van der Waals surface area contributed by atoms with Crippen molar-refractivity contribution in [2.24, 2.45) is 5.92 Å². The van der Waals surface area contributed by atoms with Gasteiger partial charge in [0.15, 0.2) is 0 Å². The first-order valence-corrected chi connectivity index (χ1v) is 9.06. The lowest BCUT2D eigenvalue weighted by molar-refractivity contribution is 0.0520. The SMILES string of the molecule is CC(C)CC(CNC(=O)OC(C)(C)C)NC1CCSC1C. The molecule has 124 valence electrons. The first kappa shape index (κ1) is 18.6. The molecular weight excluding hydrogens is 284 g/mol. The Balaban J connectivity index is 2.44. The number of rotatable bonds is 6. The standard InChI is InChI=1S/C16H32N2O2S/c1-11(2)9-13(18-14-7-8-21-12(14)3)10-17-15(19)20-16(4,5)6/h11-14,18H,7-10H2,1-6H3,(H,17,19). The van der Waals surface area contributed by atoms with Crippen molar-refractivity contribution >= 4 is 17.9 Å². The van der Waals surface area contributed by atoms with Crippen LogP contribution >= 0.6 is 11.8 Å². The summed E-state index contributed by atoms with van der Waals surface area (Å²) in [4.78, 5) is 11.8. The summed E-state index contributed by atoms with van der Waals surface area (Å²) in [5.41, 5.74) is -0.443. The van der Waals surface area contributed by atoms with Gasteiger partial charge in [0.25, 0.3) is 0 Å². The van der Waals surface area contributed by atoms with Crippen LogP contribution in [0.4, 0.5) is 4.79 Å². The van der Waals surface area contributed by atoms with Crippen LogP contribution < -0.4 is 10.6 Å². The van der Waals surface area contributed by atoms with Gasteiger partial charge in [-0.15, -0.1) is 0 Å². The second-order valence-electron chi connectivity index (χ2n) is 7.35. The molecule has 0 bridgehead atoms. The van der Waals surface area contributed by atoms with E-state index in [0.717, 1.165) is 6.42 Å². The van der Waals surface area contributed by atoms with Crippen molar-refractivity contribution in [1.82, 2.24) is 10.6 Å². The van der Waals surface area contributed by atoms with Gasteiger partial charge in [-0.3, -0.25) is 0 Å². The van der Waals surface area contributed by atoms with Gasteiger partial charge in [-0.1, -0.05) is 20.8 Å². The van der Waals surface area contributed by atoms with Crippen molar-refractivity contribution in [2.45, 2.75) is 77.3 Å². The molecule has 1 amide bonds. The van der Waals surface area contributed by atoms with E-state index in [4.69, 9.17) is 4.74 Å². The van der Waals surface area contributed by atoms with Gasteiger partial charge in [0, 0.05) is 23.9 Å². The van der Waals surface area contributed by atoms with Gasteiger partial charge < -0.3 is 15.4 Å². The Morgan fingerprint density at radius 2 is 2.05 bits per heavy atom. The largest absolute Gasteiger partial charge is 0.444 e. The molecule has 0 aromatic carbocycles. The third-order valence-corrected chi connectivity index (χ3v) is 4.80. The maximum Gasteiger partial charge on any atom is 0.407 e. The highest BCUT2D eigenvalue weighted by Crippen LogP contribution is 2.26. The maximum absolute atomic E-state index is 11.8. The van der Waals surface area contributed by atoms with E-state index in [2.05, 4.69) is 31.4 Å². The second kappa shape index (κ2) is 8.28. The van der Waals surface area contributed by atoms with Crippen molar-refractivity contribution in [3.05, 3.63) is 0 Å². The molecule has 1 fully saturated rings. The molecule has 0 aliphatic carbocycles. The molecule has 0 aromatic heterocycles. The van der Waals surface area contributed by atoms with Crippen LogP contribution in [0.1, 0.15) is 54.4 Å². The van der Waals surface area contributed by atoms with Crippen LogP contribution in [-0.4, -0.2) is 41.3 Å². The van der Waals surface area contributed by atoms with Gasteiger partial charge in [-0.25, -0.2) is 4.79 Å². The number of carbonyl (C=O) groups is 1. The Bertz CT molecular complexity index is 329. The molecule has 4 nitrogen and oxygen atoms in total. The van der Waals surface area contributed by atoms with E-state index < -0.39 is 5.60 Å². The number of amides is 1. The Morgan fingerprint density at radius 1 is 1.38 bits per heavy atom. The maximum atomic E-state index is 11.8. The van der Waals surface area contributed by atoms with Crippen molar-refractivity contribution in [3.63, 3.8) is 0 Å². The first-order chi connectivity index (χ1) is 9.67. The molecule has 0 radical (unpaired) electrons. The lowest BCUT2D eigenvalue weighted by atomic mass is 10.0. The van der Waals surface area contributed by atoms with E-state index in [0.29, 0.717) is 29.8 Å². The fourth-order valence-corrected chi connectivity index (χ4v) is 3.76. The second-order valence-corrected chi connectivity index (χ2v) is 8.83. The summed E-state index contributed by atoms with van der Waals surface area (Å²) >= 11 is 2.02. The minimum absolute atomic E-state index is 0.309. The molecule has 0 aromatic rings. The Hall–Kier alpha value is -0.420. The zero-order chi connectivity index (χ0) is 16.0. The average Bonchev–Trinajstić information content (AvgIpc) is 2.69. The molecule has 1 aliphatic rings. The molecule has 3 atom stereocenters. The average molecular weight is 317 g/mol. The molecule has 5 heteroatoms. The monoisotopic (exact) mass is 316 g/mol. The van der Waals surface area contributed by atoms with Crippen LogP contribution in [0.25, 0.3) is 0 Å². The zero-order valence-electron chi connectivity index (χ0n) is 14.4. The molecule has 1 heterocycles. The number of alkyl carbamates (subject to hydrolysis) is 1. The van der Waals surface area contributed by atoms with Crippen LogP contribution in [0.3, 0.4) is 0 Å².